The Bertz CT molecular complexity index is 512. The monoisotopic (exact) mass is 257 g/mol. The zero-order chi connectivity index (χ0) is 12.5. The normalized spacial score (nSPS) is 18.9. The maximum Gasteiger partial charge on any atom is 0.356 e. The predicted octanol–water partition coefficient (Wildman–Crippen LogP) is -0.590. The van der Waals surface area contributed by atoms with Gasteiger partial charge in [-0.1, -0.05) is 0 Å². The summed E-state index contributed by atoms with van der Waals surface area (Å²) in [6.07, 6.45) is 0. The van der Waals surface area contributed by atoms with Gasteiger partial charge in [0, 0.05) is 13.1 Å². The molecule has 1 saturated heterocycles. The Hall–Kier alpha value is -1.70. The number of sulfone groups is 1. The Kier molecular flexibility index (Phi) is 2.97. The summed E-state index contributed by atoms with van der Waals surface area (Å²) >= 11 is 0. The topological polar surface area (TPSA) is 100 Å². The molecule has 1 aromatic rings. The smallest absolute Gasteiger partial charge is 0.356 e. The molecule has 2 heterocycles. The van der Waals surface area contributed by atoms with Crippen molar-refractivity contribution in [2.75, 3.05) is 29.5 Å². The van der Waals surface area contributed by atoms with Crippen molar-refractivity contribution in [1.82, 2.24) is 10.2 Å². The Morgan fingerprint density at radius 2 is 1.88 bits per heavy atom. The van der Waals surface area contributed by atoms with E-state index >= 15 is 0 Å². The molecule has 92 valence electrons. The molecular weight excluding hydrogens is 246 g/mol. The minimum Gasteiger partial charge on any atom is -0.476 e. The van der Waals surface area contributed by atoms with Gasteiger partial charge in [0.2, 0.25) is 0 Å². The van der Waals surface area contributed by atoms with Crippen LogP contribution < -0.4 is 4.90 Å². The fourth-order valence-corrected chi connectivity index (χ4v) is 2.75. The van der Waals surface area contributed by atoms with Crippen LogP contribution in [0.25, 0.3) is 0 Å². The quantitative estimate of drug-likeness (QED) is 0.755. The summed E-state index contributed by atoms with van der Waals surface area (Å²) in [5, 5.41) is 16.0. The molecule has 0 radical (unpaired) electrons. The lowest BCUT2D eigenvalue weighted by Crippen LogP contribution is -2.40. The first-order chi connectivity index (χ1) is 7.98. The molecule has 2 rings (SSSR count). The van der Waals surface area contributed by atoms with Crippen LogP contribution in [0.3, 0.4) is 0 Å². The molecule has 0 spiro atoms. The summed E-state index contributed by atoms with van der Waals surface area (Å²) in [4.78, 5) is 12.4. The zero-order valence-electron chi connectivity index (χ0n) is 8.90. The van der Waals surface area contributed by atoms with Gasteiger partial charge in [0.05, 0.1) is 11.5 Å². The van der Waals surface area contributed by atoms with E-state index in [0.717, 1.165) is 0 Å². The average molecular weight is 257 g/mol. The highest BCUT2D eigenvalue weighted by atomic mass is 32.2. The van der Waals surface area contributed by atoms with Crippen molar-refractivity contribution >= 4 is 21.6 Å². The van der Waals surface area contributed by atoms with Gasteiger partial charge in [0.1, 0.15) is 0 Å². The number of nitrogens with zero attached hydrogens (tertiary/aromatic N) is 3. The first kappa shape index (κ1) is 11.8. The minimum atomic E-state index is -2.93. The molecule has 0 unspecified atom stereocenters. The van der Waals surface area contributed by atoms with Gasteiger partial charge in [-0.15, -0.1) is 10.2 Å². The summed E-state index contributed by atoms with van der Waals surface area (Å²) in [6.45, 7) is 0.729. The van der Waals surface area contributed by atoms with Crippen molar-refractivity contribution < 1.29 is 18.3 Å². The van der Waals surface area contributed by atoms with Gasteiger partial charge >= 0.3 is 5.97 Å². The molecule has 0 atom stereocenters. The van der Waals surface area contributed by atoms with Crippen LogP contribution in [-0.2, 0) is 9.84 Å². The number of carbonyl (C=O) groups is 1. The number of carboxylic acid groups (broad SMARTS) is 1. The van der Waals surface area contributed by atoms with E-state index in [1.807, 2.05) is 0 Å². The number of hydrogen-bond acceptors (Lipinski definition) is 6. The van der Waals surface area contributed by atoms with E-state index in [4.69, 9.17) is 5.11 Å². The highest BCUT2D eigenvalue weighted by molar-refractivity contribution is 7.91. The van der Waals surface area contributed by atoms with Crippen LogP contribution in [-0.4, -0.2) is 54.3 Å². The highest BCUT2D eigenvalue weighted by Crippen LogP contribution is 2.13. The van der Waals surface area contributed by atoms with Crippen LogP contribution in [0, 0.1) is 0 Å². The van der Waals surface area contributed by atoms with Crippen LogP contribution in [0.4, 0.5) is 5.82 Å². The number of aromatic nitrogens is 2. The summed E-state index contributed by atoms with van der Waals surface area (Å²) in [5.41, 5.74) is -0.126. The first-order valence-corrected chi connectivity index (χ1v) is 6.82. The predicted molar refractivity (Wildman–Crippen MR) is 59.9 cm³/mol. The molecule has 1 N–H and O–H groups in total. The van der Waals surface area contributed by atoms with Crippen molar-refractivity contribution in [3.63, 3.8) is 0 Å². The highest BCUT2D eigenvalue weighted by Gasteiger charge is 2.22. The second kappa shape index (κ2) is 4.28. The summed E-state index contributed by atoms with van der Waals surface area (Å²) < 4.78 is 22.5. The summed E-state index contributed by atoms with van der Waals surface area (Å²) in [7, 11) is -2.93. The zero-order valence-corrected chi connectivity index (χ0v) is 9.72. The molecule has 0 bridgehead atoms. The molecule has 1 aromatic heterocycles. The van der Waals surface area contributed by atoms with Crippen LogP contribution in [0.5, 0.6) is 0 Å². The summed E-state index contributed by atoms with van der Waals surface area (Å²) in [6, 6.07) is 2.89. The molecule has 1 aliphatic heterocycles. The van der Waals surface area contributed by atoms with E-state index in [2.05, 4.69) is 10.2 Å². The third kappa shape index (κ3) is 2.70. The van der Waals surface area contributed by atoms with Gasteiger partial charge in [0.25, 0.3) is 0 Å². The second-order valence-corrected chi connectivity index (χ2v) is 6.02. The standard InChI is InChI=1S/C9H11N3O4S/c13-9(14)7-1-2-8(11-10-7)12-3-5-17(15,16)6-4-12/h1-2H,3-6H2,(H,13,14). The van der Waals surface area contributed by atoms with Crippen molar-refractivity contribution in [1.29, 1.82) is 0 Å². The maximum absolute atomic E-state index is 11.2. The molecule has 7 nitrogen and oxygen atoms in total. The van der Waals surface area contributed by atoms with Crippen molar-refractivity contribution in [2.24, 2.45) is 0 Å². The average Bonchev–Trinajstić information content (AvgIpc) is 2.29. The summed E-state index contributed by atoms with van der Waals surface area (Å²) in [5.74, 6) is -0.444. The van der Waals surface area contributed by atoms with Crippen molar-refractivity contribution in [3.05, 3.63) is 17.8 Å². The number of rotatable bonds is 2. The van der Waals surface area contributed by atoms with Crippen LogP contribution in [0.15, 0.2) is 12.1 Å². The fraction of sp³-hybridized carbons (Fsp3) is 0.444. The van der Waals surface area contributed by atoms with Crippen molar-refractivity contribution in [2.45, 2.75) is 0 Å². The number of anilines is 1. The number of carboxylic acids is 1. The van der Waals surface area contributed by atoms with Gasteiger partial charge < -0.3 is 10.0 Å². The third-order valence-electron chi connectivity index (χ3n) is 2.54. The van der Waals surface area contributed by atoms with Crippen LogP contribution in [0.2, 0.25) is 0 Å². The second-order valence-electron chi connectivity index (χ2n) is 3.72. The molecule has 17 heavy (non-hydrogen) atoms. The van der Waals surface area contributed by atoms with Crippen LogP contribution >= 0.6 is 0 Å². The molecule has 0 amide bonds. The lowest BCUT2D eigenvalue weighted by molar-refractivity contribution is 0.0689. The van der Waals surface area contributed by atoms with Gasteiger partial charge in [-0.05, 0) is 12.1 Å². The van der Waals surface area contributed by atoms with E-state index in [9.17, 15) is 13.2 Å². The minimum absolute atomic E-state index is 0.0926. The van der Waals surface area contributed by atoms with Gasteiger partial charge in [0.15, 0.2) is 21.3 Å². The third-order valence-corrected chi connectivity index (χ3v) is 4.15. The number of hydrogen-bond donors (Lipinski definition) is 1. The lowest BCUT2D eigenvalue weighted by Gasteiger charge is -2.27. The Morgan fingerprint density at radius 3 is 2.35 bits per heavy atom. The van der Waals surface area contributed by atoms with E-state index in [1.54, 1.807) is 4.90 Å². The largest absolute Gasteiger partial charge is 0.476 e. The van der Waals surface area contributed by atoms with Gasteiger partial charge in [-0.3, -0.25) is 0 Å². The van der Waals surface area contributed by atoms with E-state index in [-0.39, 0.29) is 17.2 Å². The Balaban J connectivity index is 2.11. The Morgan fingerprint density at radius 1 is 1.24 bits per heavy atom. The number of aromatic carboxylic acids is 1. The molecule has 1 aliphatic rings. The van der Waals surface area contributed by atoms with E-state index < -0.39 is 15.8 Å². The maximum atomic E-state index is 11.2. The van der Waals surface area contributed by atoms with E-state index in [1.165, 1.54) is 12.1 Å². The van der Waals surface area contributed by atoms with Crippen LogP contribution in [0.1, 0.15) is 10.5 Å². The molecule has 8 heteroatoms. The SMILES string of the molecule is O=C(O)c1ccc(N2CCS(=O)(=O)CC2)nn1. The molecule has 0 aliphatic carbocycles. The lowest BCUT2D eigenvalue weighted by atomic mass is 10.3. The fourth-order valence-electron chi connectivity index (χ4n) is 1.55. The first-order valence-electron chi connectivity index (χ1n) is 5.00. The molecule has 0 aromatic carbocycles. The molecular formula is C9H11N3O4S. The Labute approximate surface area is 98.0 Å². The van der Waals surface area contributed by atoms with E-state index in [0.29, 0.717) is 18.9 Å². The molecule has 0 saturated carbocycles. The van der Waals surface area contributed by atoms with Crippen molar-refractivity contribution in [3.8, 4) is 0 Å². The van der Waals surface area contributed by atoms with Gasteiger partial charge in [-0.25, -0.2) is 13.2 Å². The molecule has 1 fully saturated rings. The van der Waals surface area contributed by atoms with Gasteiger partial charge in [-0.2, -0.15) is 0 Å².